The van der Waals surface area contributed by atoms with E-state index in [0.29, 0.717) is 12.1 Å². The van der Waals surface area contributed by atoms with Gasteiger partial charge in [0, 0.05) is 5.56 Å². The minimum absolute atomic E-state index is 0.155. The second-order valence-electron chi connectivity index (χ2n) is 3.74. The molecule has 19 heavy (non-hydrogen) atoms. The van der Waals surface area contributed by atoms with Gasteiger partial charge in [-0.15, -0.1) is 0 Å². The van der Waals surface area contributed by atoms with Gasteiger partial charge in [0.15, 0.2) is 11.8 Å². The highest BCUT2D eigenvalue weighted by atomic mass is 32.2. The summed E-state index contributed by atoms with van der Waals surface area (Å²) in [6.07, 6.45) is 0. The lowest BCUT2D eigenvalue weighted by molar-refractivity contribution is -0.142. The van der Waals surface area contributed by atoms with E-state index in [9.17, 15) is 14.4 Å². The number of carboxylic acid groups (broad SMARTS) is 1. The number of likely N-dealkylation sites (N-methyl/N-ethyl adjacent to an activating group) is 1. The van der Waals surface area contributed by atoms with E-state index in [1.54, 1.807) is 37.3 Å². The molecular formula is C13H15NO4S. The van der Waals surface area contributed by atoms with Crippen LogP contribution in [0.25, 0.3) is 0 Å². The Kier molecular flexibility index (Phi) is 6.24. The first-order valence-corrected chi connectivity index (χ1v) is 6.76. The SMILES string of the molecule is CCNC(C(=O)O)C(=O)CSC(=O)c1ccccc1. The van der Waals surface area contributed by atoms with E-state index < -0.39 is 17.8 Å². The van der Waals surface area contributed by atoms with Crippen LogP contribution in [0.2, 0.25) is 0 Å². The zero-order chi connectivity index (χ0) is 14.3. The molecule has 102 valence electrons. The summed E-state index contributed by atoms with van der Waals surface area (Å²) >= 11 is 0.817. The number of benzene rings is 1. The van der Waals surface area contributed by atoms with Gasteiger partial charge in [-0.25, -0.2) is 0 Å². The van der Waals surface area contributed by atoms with Gasteiger partial charge in [-0.2, -0.15) is 0 Å². The number of carbonyl (C=O) groups excluding carboxylic acids is 2. The first kappa shape index (κ1) is 15.4. The average molecular weight is 281 g/mol. The number of carbonyl (C=O) groups is 3. The van der Waals surface area contributed by atoms with Gasteiger partial charge in [0.1, 0.15) is 0 Å². The summed E-state index contributed by atoms with van der Waals surface area (Å²) in [5, 5.41) is 11.2. The molecule has 1 unspecified atom stereocenters. The lowest BCUT2D eigenvalue weighted by Crippen LogP contribution is -2.44. The molecule has 0 saturated heterocycles. The molecule has 1 rings (SSSR count). The lowest BCUT2D eigenvalue weighted by Gasteiger charge is -2.11. The summed E-state index contributed by atoms with van der Waals surface area (Å²) < 4.78 is 0. The van der Waals surface area contributed by atoms with Crippen molar-refractivity contribution in [1.29, 1.82) is 0 Å². The van der Waals surface area contributed by atoms with E-state index >= 15 is 0 Å². The molecule has 0 amide bonds. The smallest absolute Gasteiger partial charge is 0.328 e. The van der Waals surface area contributed by atoms with E-state index in [1.807, 2.05) is 0 Å². The molecule has 0 aliphatic rings. The van der Waals surface area contributed by atoms with Crippen molar-refractivity contribution in [3.8, 4) is 0 Å². The van der Waals surface area contributed by atoms with E-state index in [4.69, 9.17) is 5.11 Å². The predicted octanol–water partition coefficient (Wildman–Crippen LogP) is 1.19. The van der Waals surface area contributed by atoms with Gasteiger partial charge >= 0.3 is 5.97 Å². The molecule has 1 atom stereocenters. The summed E-state index contributed by atoms with van der Waals surface area (Å²) in [7, 11) is 0. The molecule has 0 bridgehead atoms. The molecule has 0 spiro atoms. The maximum absolute atomic E-state index is 11.7. The number of thioether (sulfide) groups is 1. The molecule has 0 aromatic heterocycles. The van der Waals surface area contributed by atoms with E-state index in [1.165, 1.54) is 0 Å². The topological polar surface area (TPSA) is 83.5 Å². The second-order valence-corrected chi connectivity index (χ2v) is 4.69. The number of Topliss-reactive ketones (excluding diaryl/α,β-unsaturated/α-hetero) is 1. The molecule has 0 radical (unpaired) electrons. The fourth-order valence-electron chi connectivity index (χ4n) is 1.42. The molecular weight excluding hydrogens is 266 g/mol. The van der Waals surface area contributed by atoms with Crippen molar-refractivity contribution in [3.05, 3.63) is 35.9 Å². The minimum Gasteiger partial charge on any atom is -0.480 e. The van der Waals surface area contributed by atoms with Crippen molar-refractivity contribution in [1.82, 2.24) is 5.32 Å². The van der Waals surface area contributed by atoms with Crippen molar-refractivity contribution in [2.45, 2.75) is 13.0 Å². The first-order chi connectivity index (χ1) is 9.06. The summed E-state index contributed by atoms with van der Waals surface area (Å²) in [5.74, 6) is -1.89. The molecule has 2 N–H and O–H groups in total. The number of rotatable bonds is 7. The van der Waals surface area contributed by atoms with Crippen LogP contribution in [0.5, 0.6) is 0 Å². The fourth-order valence-corrected chi connectivity index (χ4v) is 2.16. The van der Waals surface area contributed by atoms with Crippen molar-refractivity contribution >= 4 is 28.6 Å². The molecule has 0 saturated carbocycles. The lowest BCUT2D eigenvalue weighted by atomic mass is 10.2. The number of ketones is 1. The third-order valence-electron chi connectivity index (χ3n) is 2.33. The molecule has 0 heterocycles. The largest absolute Gasteiger partial charge is 0.480 e. The third kappa shape index (κ3) is 4.84. The molecule has 1 aromatic rings. The standard InChI is InChI=1S/C13H15NO4S/c1-2-14-11(12(16)17)10(15)8-19-13(18)9-6-4-3-5-7-9/h3-7,11,14H,2,8H2,1H3,(H,16,17). The van der Waals surface area contributed by atoms with Gasteiger partial charge in [0.2, 0.25) is 5.12 Å². The maximum atomic E-state index is 11.7. The Labute approximate surface area is 115 Å². The van der Waals surface area contributed by atoms with E-state index in [-0.39, 0.29) is 10.9 Å². The van der Waals surface area contributed by atoms with Crippen molar-refractivity contribution in [3.63, 3.8) is 0 Å². The Morgan fingerprint density at radius 3 is 2.42 bits per heavy atom. The van der Waals surface area contributed by atoms with Crippen LogP contribution in [0.15, 0.2) is 30.3 Å². The van der Waals surface area contributed by atoms with Crippen LogP contribution in [0, 0.1) is 0 Å². The number of hydrogen-bond donors (Lipinski definition) is 2. The van der Waals surface area contributed by atoms with Crippen molar-refractivity contribution in [2.24, 2.45) is 0 Å². The Morgan fingerprint density at radius 1 is 1.26 bits per heavy atom. The average Bonchev–Trinajstić information content (AvgIpc) is 2.42. The molecule has 0 aliphatic heterocycles. The molecule has 1 aromatic carbocycles. The van der Waals surface area contributed by atoms with Crippen LogP contribution in [0.1, 0.15) is 17.3 Å². The summed E-state index contributed by atoms with van der Waals surface area (Å²) in [4.78, 5) is 34.3. The van der Waals surface area contributed by atoms with Crippen molar-refractivity contribution < 1.29 is 19.5 Å². The number of carboxylic acids is 1. The van der Waals surface area contributed by atoms with E-state index in [2.05, 4.69) is 5.32 Å². The monoisotopic (exact) mass is 281 g/mol. The van der Waals surface area contributed by atoms with Gasteiger partial charge in [0.25, 0.3) is 0 Å². The van der Waals surface area contributed by atoms with Gasteiger partial charge in [-0.3, -0.25) is 19.7 Å². The Bertz CT molecular complexity index is 461. The third-order valence-corrected chi connectivity index (χ3v) is 3.26. The minimum atomic E-state index is -1.25. The Morgan fingerprint density at radius 2 is 1.89 bits per heavy atom. The summed E-state index contributed by atoms with van der Waals surface area (Å²) in [6, 6.07) is 7.30. The highest BCUT2D eigenvalue weighted by Gasteiger charge is 2.25. The van der Waals surface area contributed by atoms with Crippen LogP contribution >= 0.6 is 11.8 Å². The van der Waals surface area contributed by atoms with Gasteiger partial charge in [-0.05, 0) is 6.54 Å². The molecule has 6 heteroatoms. The number of aliphatic carboxylic acids is 1. The van der Waals surface area contributed by atoms with Crippen molar-refractivity contribution in [2.75, 3.05) is 12.3 Å². The Balaban J connectivity index is 2.54. The first-order valence-electron chi connectivity index (χ1n) is 5.77. The highest BCUT2D eigenvalue weighted by Crippen LogP contribution is 2.12. The zero-order valence-corrected chi connectivity index (χ0v) is 11.3. The fraction of sp³-hybridized carbons (Fsp3) is 0.308. The Hall–Kier alpha value is -1.66. The van der Waals surface area contributed by atoms with E-state index in [0.717, 1.165) is 11.8 Å². The van der Waals surface area contributed by atoms with Gasteiger partial charge in [0.05, 0.1) is 5.75 Å². The van der Waals surface area contributed by atoms with Gasteiger partial charge in [-0.1, -0.05) is 49.0 Å². The number of hydrogen-bond acceptors (Lipinski definition) is 5. The van der Waals surface area contributed by atoms with Crippen LogP contribution in [0.4, 0.5) is 0 Å². The second kappa shape index (κ2) is 7.70. The summed E-state index contributed by atoms with van der Waals surface area (Å²) in [5.41, 5.74) is 0.496. The summed E-state index contributed by atoms with van der Waals surface area (Å²) in [6.45, 7) is 2.09. The van der Waals surface area contributed by atoms with Crippen LogP contribution < -0.4 is 5.32 Å². The molecule has 0 fully saturated rings. The van der Waals surface area contributed by atoms with Crippen LogP contribution in [-0.2, 0) is 9.59 Å². The van der Waals surface area contributed by atoms with Crippen LogP contribution in [0.3, 0.4) is 0 Å². The molecule has 0 aliphatic carbocycles. The quantitative estimate of drug-likeness (QED) is 0.730. The maximum Gasteiger partial charge on any atom is 0.328 e. The van der Waals surface area contributed by atoms with Gasteiger partial charge < -0.3 is 5.11 Å². The zero-order valence-electron chi connectivity index (χ0n) is 10.5. The highest BCUT2D eigenvalue weighted by molar-refractivity contribution is 8.14. The number of nitrogens with one attached hydrogen (secondary N) is 1. The predicted molar refractivity (Wildman–Crippen MR) is 73.3 cm³/mol. The van der Waals surface area contributed by atoms with Crippen LogP contribution in [-0.4, -0.2) is 40.3 Å². The normalized spacial score (nSPS) is 11.8. The molecule has 5 nitrogen and oxygen atoms in total.